The van der Waals surface area contributed by atoms with E-state index < -0.39 is 23.8 Å². The third-order valence-electron chi connectivity index (χ3n) is 8.30. The third kappa shape index (κ3) is 5.46. The summed E-state index contributed by atoms with van der Waals surface area (Å²) in [5, 5.41) is 15.1. The standard InChI is InChI=1S/C33H40N4O5/c1-32(2,3)41-30-29(40-30)37-25-10-8-7-9-23(25)24-16-19(11-14-26(24)37)15-21(18-34)35-28(38)27-20-12-13-22(17-20)36(27)31(39)42-33(4,5)6/h7-11,14,16,20-22,27,29-30H,12-13,15,17H2,1-6H3,(H,35,38). The van der Waals surface area contributed by atoms with Crippen LogP contribution in [-0.4, -0.2) is 57.1 Å². The largest absolute Gasteiger partial charge is 0.444 e. The molecule has 3 heterocycles. The zero-order chi connectivity index (χ0) is 30.0. The van der Waals surface area contributed by atoms with Crippen LogP contribution in [-0.2, 0) is 25.4 Å². The first-order valence-electron chi connectivity index (χ1n) is 14.9. The second-order valence-electron chi connectivity index (χ2n) is 13.8. The highest BCUT2D eigenvalue weighted by Gasteiger charge is 2.52. The van der Waals surface area contributed by atoms with Crippen LogP contribution in [0.15, 0.2) is 42.5 Å². The Morgan fingerprint density at radius 1 is 1.05 bits per heavy atom. The minimum absolute atomic E-state index is 0.00436. The number of amides is 2. The Morgan fingerprint density at radius 2 is 1.79 bits per heavy atom. The lowest BCUT2D eigenvalue weighted by Crippen LogP contribution is -2.55. The maximum atomic E-state index is 13.5. The van der Waals surface area contributed by atoms with Crippen LogP contribution in [0.1, 0.15) is 72.6 Å². The quantitative estimate of drug-likeness (QED) is 0.374. The fourth-order valence-corrected chi connectivity index (χ4v) is 6.69. The van der Waals surface area contributed by atoms with Gasteiger partial charge < -0.3 is 24.1 Å². The predicted octanol–water partition coefficient (Wildman–Crippen LogP) is 5.80. The highest BCUT2D eigenvalue weighted by Crippen LogP contribution is 2.44. The second-order valence-corrected chi connectivity index (χ2v) is 13.8. The summed E-state index contributed by atoms with van der Waals surface area (Å²) >= 11 is 0. The number of nitrogens with one attached hydrogen (secondary N) is 1. The number of rotatable bonds is 6. The van der Waals surface area contributed by atoms with Crippen LogP contribution in [0.5, 0.6) is 0 Å². The molecule has 2 aliphatic heterocycles. The molecule has 2 bridgehead atoms. The Hall–Kier alpha value is -3.61. The van der Waals surface area contributed by atoms with E-state index in [1.54, 1.807) is 4.90 Å². The fraction of sp³-hybridized carbons (Fsp3) is 0.545. The summed E-state index contributed by atoms with van der Waals surface area (Å²) in [6.45, 7) is 11.5. The van der Waals surface area contributed by atoms with Gasteiger partial charge >= 0.3 is 6.09 Å². The van der Waals surface area contributed by atoms with Gasteiger partial charge in [-0.15, -0.1) is 0 Å². The summed E-state index contributed by atoms with van der Waals surface area (Å²) in [4.78, 5) is 28.2. The first-order chi connectivity index (χ1) is 19.8. The second kappa shape index (κ2) is 10.3. The molecule has 3 fully saturated rings. The van der Waals surface area contributed by atoms with E-state index in [1.165, 1.54) is 0 Å². The minimum atomic E-state index is -0.737. The van der Waals surface area contributed by atoms with Crippen LogP contribution < -0.4 is 5.32 Å². The van der Waals surface area contributed by atoms with Gasteiger partial charge in [-0.3, -0.25) is 9.69 Å². The number of hydrogen-bond acceptors (Lipinski definition) is 6. The molecule has 1 aliphatic carbocycles. The molecular formula is C33H40N4O5. The van der Waals surface area contributed by atoms with Gasteiger partial charge in [-0.05, 0) is 90.5 Å². The van der Waals surface area contributed by atoms with Crippen molar-refractivity contribution in [3.63, 3.8) is 0 Å². The number of ether oxygens (including phenoxy) is 3. The third-order valence-corrected chi connectivity index (χ3v) is 8.30. The van der Waals surface area contributed by atoms with E-state index in [2.05, 4.69) is 40.2 Å². The molecule has 3 aliphatic rings. The molecule has 9 nitrogen and oxygen atoms in total. The van der Waals surface area contributed by atoms with Crippen LogP contribution in [0.3, 0.4) is 0 Å². The van der Waals surface area contributed by atoms with Gasteiger partial charge in [0.2, 0.25) is 12.2 Å². The highest BCUT2D eigenvalue weighted by molar-refractivity contribution is 6.08. The molecule has 2 amide bonds. The monoisotopic (exact) mass is 572 g/mol. The van der Waals surface area contributed by atoms with Crippen molar-refractivity contribution in [1.29, 1.82) is 5.26 Å². The van der Waals surface area contributed by atoms with Crippen molar-refractivity contribution in [2.75, 3.05) is 0 Å². The number of piperidine rings is 1. The van der Waals surface area contributed by atoms with Crippen LogP contribution in [0.2, 0.25) is 0 Å². The number of benzene rings is 2. The molecule has 222 valence electrons. The molecule has 9 heteroatoms. The van der Waals surface area contributed by atoms with Crippen LogP contribution in [0.25, 0.3) is 21.8 Å². The maximum absolute atomic E-state index is 13.5. The maximum Gasteiger partial charge on any atom is 0.411 e. The average molecular weight is 573 g/mol. The van der Waals surface area contributed by atoms with Crippen molar-refractivity contribution in [2.45, 2.75) is 109 Å². The summed E-state index contributed by atoms with van der Waals surface area (Å²) < 4.78 is 19.8. The molecule has 2 saturated heterocycles. The van der Waals surface area contributed by atoms with Gasteiger partial charge in [0.05, 0.1) is 22.7 Å². The van der Waals surface area contributed by atoms with E-state index in [-0.39, 0.29) is 36.0 Å². The van der Waals surface area contributed by atoms with Gasteiger partial charge in [-0.25, -0.2) is 4.79 Å². The van der Waals surface area contributed by atoms with Crippen molar-refractivity contribution < 1.29 is 23.8 Å². The smallest absolute Gasteiger partial charge is 0.411 e. The number of epoxide rings is 1. The van der Waals surface area contributed by atoms with Gasteiger partial charge in [0.25, 0.3) is 0 Å². The average Bonchev–Trinajstić information content (AvgIpc) is 3.25. The molecule has 0 spiro atoms. The van der Waals surface area contributed by atoms with Crippen LogP contribution in [0.4, 0.5) is 4.79 Å². The van der Waals surface area contributed by atoms with Gasteiger partial charge in [0, 0.05) is 23.2 Å². The number of para-hydroxylation sites is 1. The number of nitrogens with zero attached hydrogens (tertiary/aromatic N) is 3. The molecule has 6 rings (SSSR count). The van der Waals surface area contributed by atoms with Crippen molar-refractivity contribution in [1.82, 2.24) is 14.8 Å². The van der Waals surface area contributed by atoms with Crippen molar-refractivity contribution in [3.05, 3.63) is 48.0 Å². The molecule has 6 atom stereocenters. The molecule has 3 aromatic rings. The summed E-state index contributed by atoms with van der Waals surface area (Å²) in [6, 6.07) is 15.3. The molecule has 2 aromatic carbocycles. The van der Waals surface area contributed by atoms with Crippen molar-refractivity contribution in [3.8, 4) is 6.07 Å². The molecule has 6 unspecified atom stereocenters. The summed E-state index contributed by atoms with van der Waals surface area (Å²) in [5.74, 6) is -0.201. The number of nitriles is 1. The van der Waals surface area contributed by atoms with Crippen molar-refractivity contribution >= 4 is 33.8 Å². The Bertz CT molecular complexity index is 1580. The van der Waals surface area contributed by atoms with E-state index in [4.69, 9.17) is 14.2 Å². The number of hydrogen-bond donors (Lipinski definition) is 1. The molecule has 42 heavy (non-hydrogen) atoms. The topological polar surface area (TPSA) is 109 Å². The van der Waals surface area contributed by atoms with E-state index >= 15 is 0 Å². The van der Waals surface area contributed by atoms with Crippen LogP contribution in [0, 0.1) is 17.2 Å². The zero-order valence-corrected chi connectivity index (χ0v) is 25.2. The Balaban J connectivity index is 1.21. The van der Waals surface area contributed by atoms with Gasteiger partial charge in [-0.1, -0.05) is 24.3 Å². The zero-order valence-electron chi connectivity index (χ0n) is 25.2. The van der Waals surface area contributed by atoms with E-state index in [9.17, 15) is 14.9 Å². The highest BCUT2D eigenvalue weighted by atomic mass is 16.8. The summed E-state index contributed by atoms with van der Waals surface area (Å²) in [5.41, 5.74) is 2.05. The minimum Gasteiger partial charge on any atom is -0.444 e. The SMILES string of the molecule is CC(C)(C)OC(=O)N1C2CCC(C2)C1C(=O)NC(C#N)Cc1ccc2c(c1)c1ccccc1n2C1OC1OC(C)(C)C. The van der Waals surface area contributed by atoms with Gasteiger partial charge in [-0.2, -0.15) is 5.26 Å². The predicted molar refractivity (Wildman–Crippen MR) is 158 cm³/mol. The van der Waals surface area contributed by atoms with Crippen LogP contribution >= 0.6 is 0 Å². The Labute approximate surface area is 246 Å². The first-order valence-corrected chi connectivity index (χ1v) is 14.9. The lowest BCUT2D eigenvalue weighted by molar-refractivity contribution is -0.128. The molecule has 0 radical (unpaired) electrons. The molecule has 1 aromatic heterocycles. The summed E-state index contributed by atoms with van der Waals surface area (Å²) in [7, 11) is 0. The van der Waals surface area contributed by atoms with Gasteiger partial charge in [0.15, 0.2) is 6.23 Å². The van der Waals surface area contributed by atoms with Crippen molar-refractivity contribution in [2.24, 2.45) is 5.92 Å². The first kappa shape index (κ1) is 28.5. The molecule has 1 N–H and O–H groups in total. The molecular weight excluding hydrogens is 532 g/mol. The van der Waals surface area contributed by atoms with E-state index in [0.717, 1.165) is 46.6 Å². The molecule has 1 saturated carbocycles. The lowest BCUT2D eigenvalue weighted by atomic mass is 9.97. The number of likely N-dealkylation sites (tertiary alicyclic amines) is 1. The number of aromatic nitrogens is 1. The normalized spacial score (nSPS) is 25.9. The Kier molecular flexibility index (Phi) is 6.98. The Morgan fingerprint density at radius 3 is 2.50 bits per heavy atom. The number of carbonyl (C=O) groups excluding carboxylic acids is 2. The number of fused-ring (bicyclic) bond motifs is 5. The van der Waals surface area contributed by atoms with E-state index in [1.807, 2.05) is 59.7 Å². The fourth-order valence-electron chi connectivity index (χ4n) is 6.69. The van der Waals surface area contributed by atoms with Gasteiger partial charge in [0.1, 0.15) is 17.7 Å². The number of carbonyl (C=O) groups is 2. The van der Waals surface area contributed by atoms with E-state index in [0.29, 0.717) is 6.42 Å². The summed E-state index contributed by atoms with van der Waals surface area (Å²) in [6.07, 6.45) is 1.93. The lowest BCUT2D eigenvalue weighted by Gasteiger charge is -2.35.